The average molecular weight is 320 g/mol. The zero-order valence-corrected chi connectivity index (χ0v) is 14.0. The lowest BCUT2D eigenvalue weighted by molar-refractivity contribution is 0.641. The third-order valence-corrected chi connectivity index (χ3v) is 4.43. The van der Waals surface area contributed by atoms with E-state index in [0.717, 1.165) is 54.5 Å². The molecule has 6 heteroatoms. The van der Waals surface area contributed by atoms with Crippen molar-refractivity contribution in [3.63, 3.8) is 0 Å². The van der Waals surface area contributed by atoms with Crippen LogP contribution in [-0.4, -0.2) is 46.1 Å². The lowest BCUT2D eigenvalue weighted by Gasteiger charge is -2.36. The third-order valence-electron chi connectivity index (χ3n) is 4.43. The fourth-order valence-electron chi connectivity index (χ4n) is 3.18. The van der Waals surface area contributed by atoms with Gasteiger partial charge in [0.1, 0.15) is 23.8 Å². The van der Waals surface area contributed by atoms with Gasteiger partial charge in [0.2, 0.25) is 0 Å². The molecule has 3 heterocycles. The summed E-state index contributed by atoms with van der Waals surface area (Å²) in [5.41, 5.74) is 2.23. The maximum atomic E-state index is 4.55. The predicted molar refractivity (Wildman–Crippen MR) is 95.5 cm³/mol. The van der Waals surface area contributed by atoms with Crippen molar-refractivity contribution in [3.8, 4) is 0 Å². The van der Waals surface area contributed by atoms with E-state index >= 15 is 0 Å². The Morgan fingerprint density at radius 3 is 2.46 bits per heavy atom. The van der Waals surface area contributed by atoms with Gasteiger partial charge in [-0.15, -0.1) is 0 Å². The van der Waals surface area contributed by atoms with E-state index in [4.69, 9.17) is 0 Å². The molecular weight excluding hydrogens is 300 g/mol. The molecule has 24 heavy (non-hydrogen) atoms. The van der Waals surface area contributed by atoms with Gasteiger partial charge < -0.3 is 9.80 Å². The van der Waals surface area contributed by atoms with Crippen molar-refractivity contribution in [2.45, 2.75) is 13.8 Å². The second-order valence-electron chi connectivity index (χ2n) is 6.15. The Bertz CT molecular complexity index is 870. The molecule has 1 saturated heterocycles. The van der Waals surface area contributed by atoms with Crippen LogP contribution in [0, 0.1) is 13.8 Å². The molecule has 0 N–H and O–H groups in total. The molecule has 0 spiro atoms. The summed E-state index contributed by atoms with van der Waals surface area (Å²) in [5.74, 6) is 2.85. The van der Waals surface area contributed by atoms with Crippen molar-refractivity contribution < 1.29 is 0 Å². The number of aryl methyl sites for hydroxylation is 2. The van der Waals surface area contributed by atoms with E-state index < -0.39 is 0 Å². The quantitative estimate of drug-likeness (QED) is 0.722. The summed E-state index contributed by atoms with van der Waals surface area (Å²) in [5, 5.41) is 1.13. The molecule has 1 aromatic carbocycles. The molecule has 0 radical (unpaired) electrons. The highest BCUT2D eigenvalue weighted by Gasteiger charge is 2.21. The summed E-state index contributed by atoms with van der Waals surface area (Å²) in [6.45, 7) is 7.72. The predicted octanol–water partition coefficient (Wildman–Crippen LogP) is 2.36. The SMILES string of the molecule is Cc1ccc2ncnc(N3CCN(c4ccnc(C)n4)CC3)c2c1. The summed E-state index contributed by atoms with van der Waals surface area (Å²) >= 11 is 0. The summed E-state index contributed by atoms with van der Waals surface area (Å²) in [7, 11) is 0. The summed E-state index contributed by atoms with van der Waals surface area (Å²) < 4.78 is 0. The minimum atomic E-state index is 0.812. The number of anilines is 2. The second-order valence-corrected chi connectivity index (χ2v) is 6.15. The van der Waals surface area contributed by atoms with Gasteiger partial charge in [0, 0.05) is 37.8 Å². The van der Waals surface area contributed by atoms with Crippen molar-refractivity contribution in [1.29, 1.82) is 0 Å². The molecule has 0 amide bonds. The van der Waals surface area contributed by atoms with Gasteiger partial charge in [-0.25, -0.2) is 19.9 Å². The molecule has 0 saturated carbocycles. The zero-order chi connectivity index (χ0) is 16.5. The number of hydrogen-bond donors (Lipinski definition) is 0. The van der Waals surface area contributed by atoms with Crippen molar-refractivity contribution in [3.05, 3.63) is 48.2 Å². The Labute approximate surface area is 141 Å². The first-order chi connectivity index (χ1) is 11.7. The lowest BCUT2D eigenvalue weighted by atomic mass is 10.1. The van der Waals surface area contributed by atoms with Gasteiger partial charge in [0.25, 0.3) is 0 Å². The van der Waals surface area contributed by atoms with Gasteiger partial charge >= 0.3 is 0 Å². The minimum Gasteiger partial charge on any atom is -0.353 e. The Hall–Kier alpha value is -2.76. The van der Waals surface area contributed by atoms with Gasteiger partial charge in [-0.05, 0) is 32.0 Å². The van der Waals surface area contributed by atoms with Crippen molar-refractivity contribution in [2.75, 3.05) is 36.0 Å². The zero-order valence-electron chi connectivity index (χ0n) is 14.0. The number of hydrogen-bond acceptors (Lipinski definition) is 6. The topological polar surface area (TPSA) is 58.0 Å². The Morgan fingerprint density at radius 1 is 0.875 bits per heavy atom. The smallest absolute Gasteiger partial charge is 0.140 e. The fourth-order valence-corrected chi connectivity index (χ4v) is 3.18. The van der Waals surface area contributed by atoms with E-state index in [1.807, 2.05) is 19.2 Å². The first kappa shape index (κ1) is 14.8. The van der Waals surface area contributed by atoms with Crippen LogP contribution < -0.4 is 9.80 Å². The first-order valence-electron chi connectivity index (χ1n) is 8.21. The van der Waals surface area contributed by atoms with Crippen LogP contribution in [-0.2, 0) is 0 Å². The van der Waals surface area contributed by atoms with E-state index in [9.17, 15) is 0 Å². The number of fused-ring (bicyclic) bond motifs is 1. The molecule has 0 bridgehead atoms. The molecule has 6 nitrogen and oxygen atoms in total. The van der Waals surface area contributed by atoms with Crippen molar-refractivity contribution in [2.24, 2.45) is 0 Å². The number of aromatic nitrogens is 4. The molecular formula is C18H20N6. The highest BCUT2D eigenvalue weighted by atomic mass is 15.3. The molecule has 1 aliphatic rings. The highest BCUT2D eigenvalue weighted by Crippen LogP contribution is 2.25. The van der Waals surface area contributed by atoms with Crippen LogP contribution in [0.1, 0.15) is 11.4 Å². The van der Waals surface area contributed by atoms with Gasteiger partial charge in [-0.1, -0.05) is 11.6 Å². The van der Waals surface area contributed by atoms with Gasteiger partial charge in [0.15, 0.2) is 0 Å². The van der Waals surface area contributed by atoms with Crippen LogP contribution in [0.25, 0.3) is 10.9 Å². The molecule has 0 unspecified atom stereocenters. The van der Waals surface area contributed by atoms with Gasteiger partial charge in [-0.3, -0.25) is 0 Å². The largest absolute Gasteiger partial charge is 0.353 e. The van der Waals surface area contributed by atoms with E-state index in [-0.39, 0.29) is 0 Å². The van der Waals surface area contributed by atoms with Crippen LogP contribution in [0.2, 0.25) is 0 Å². The molecule has 0 atom stereocenters. The second kappa shape index (κ2) is 6.03. The number of piperazine rings is 1. The maximum absolute atomic E-state index is 4.55. The monoisotopic (exact) mass is 320 g/mol. The average Bonchev–Trinajstić information content (AvgIpc) is 2.61. The third kappa shape index (κ3) is 2.75. The molecule has 0 aliphatic carbocycles. The van der Waals surface area contributed by atoms with E-state index in [1.165, 1.54) is 5.56 Å². The summed E-state index contributed by atoms with van der Waals surface area (Å²) in [4.78, 5) is 22.3. The lowest BCUT2D eigenvalue weighted by Crippen LogP contribution is -2.47. The maximum Gasteiger partial charge on any atom is 0.140 e. The standard InChI is InChI=1S/C18H20N6/c1-13-3-4-16-15(11-13)18(21-12-20-16)24-9-7-23(8-10-24)17-5-6-19-14(2)22-17/h3-6,11-12H,7-10H2,1-2H3. The van der Waals surface area contributed by atoms with E-state index in [2.05, 4.69) is 54.9 Å². The van der Waals surface area contributed by atoms with E-state index in [1.54, 1.807) is 6.33 Å². The van der Waals surface area contributed by atoms with Crippen LogP contribution in [0.15, 0.2) is 36.8 Å². The van der Waals surface area contributed by atoms with Crippen LogP contribution >= 0.6 is 0 Å². The minimum absolute atomic E-state index is 0.812. The molecule has 1 aliphatic heterocycles. The Kier molecular flexibility index (Phi) is 3.72. The Balaban J connectivity index is 1.57. The van der Waals surface area contributed by atoms with Crippen molar-refractivity contribution >= 4 is 22.5 Å². The molecule has 122 valence electrons. The normalized spacial score (nSPS) is 15.1. The Morgan fingerprint density at radius 2 is 1.67 bits per heavy atom. The molecule has 1 fully saturated rings. The van der Waals surface area contributed by atoms with Gasteiger partial charge in [0.05, 0.1) is 5.52 Å². The van der Waals surface area contributed by atoms with Crippen LogP contribution in [0.4, 0.5) is 11.6 Å². The first-order valence-corrected chi connectivity index (χ1v) is 8.21. The van der Waals surface area contributed by atoms with E-state index in [0.29, 0.717) is 0 Å². The molecule has 3 aromatic rings. The van der Waals surface area contributed by atoms with Crippen molar-refractivity contribution in [1.82, 2.24) is 19.9 Å². The van der Waals surface area contributed by atoms with Gasteiger partial charge in [-0.2, -0.15) is 0 Å². The summed E-state index contributed by atoms with van der Waals surface area (Å²) in [6, 6.07) is 8.31. The number of rotatable bonds is 2. The molecule has 2 aromatic heterocycles. The number of benzene rings is 1. The fraction of sp³-hybridized carbons (Fsp3) is 0.333. The number of nitrogens with zero attached hydrogens (tertiary/aromatic N) is 6. The summed E-state index contributed by atoms with van der Waals surface area (Å²) in [6.07, 6.45) is 3.48. The molecule has 4 rings (SSSR count). The van der Waals surface area contributed by atoms with Crippen LogP contribution in [0.3, 0.4) is 0 Å². The highest BCUT2D eigenvalue weighted by molar-refractivity contribution is 5.89. The van der Waals surface area contributed by atoms with Crippen LogP contribution in [0.5, 0.6) is 0 Å².